The van der Waals surface area contributed by atoms with Crippen molar-refractivity contribution < 1.29 is 9.13 Å². The summed E-state index contributed by atoms with van der Waals surface area (Å²) >= 11 is 0. The van der Waals surface area contributed by atoms with Crippen LogP contribution in [0.25, 0.3) is 11.8 Å². The van der Waals surface area contributed by atoms with Gasteiger partial charge >= 0.3 is 0 Å². The lowest BCUT2D eigenvalue weighted by Crippen LogP contribution is -2.41. The van der Waals surface area contributed by atoms with E-state index in [1.165, 1.54) is 35.6 Å². The number of aromatic nitrogens is 2. The number of nitrogens with zero attached hydrogens (tertiary/aromatic N) is 3. The summed E-state index contributed by atoms with van der Waals surface area (Å²) in [7, 11) is 1.49. The van der Waals surface area contributed by atoms with Gasteiger partial charge in [-0.2, -0.15) is 5.10 Å². The topological polar surface area (TPSA) is 39.4 Å². The highest BCUT2D eigenvalue weighted by atomic mass is 19.1. The van der Waals surface area contributed by atoms with Gasteiger partial charge in [0.2, 0.25) is 0 Å². The number of hydrogen-bond donors (Lipinski definition) is 0. The fourth-order valence-corrected chi connectivity index (χ4v) is 6.89. The number of ether oxygens (including phenoxy) is 1. The first-order valence-electron chi connectivity index (χ1n) is 13.8. The molecule has 1 heterocycles. The first kappa shape index (κ1) is 24.8. The molecule has 3 aliphatic rings. The Kier molecular flexibility index (Phi) is 6.33. The predicted molar refractivity (Wildman–Crippen MR) is 151 cm³/mol. The third-order valence-corrected chi connectivity index (χ3v) is 9.09. The second-order valence-electron chi connectivity index (χ2n) is 11.5. The molecule has 196 valence electrons. The zero-order chi connectivity index (χ0) is 26.4. The van der Waals surface area contributed by atoms with E-state index < -0.39 is 0 Å². The van der Waals surface area contributed by atoms with Gasteiger partial charge < -0.3 is 4.74 Å². The van der Waals surface area contributed by atoms with Gasteiger partial charge in [-0.15, -0.1) is 0 Å². The lowest BCUT2D eigenvalue weighted by atomic mass is 9.54. The number of benzene rings is 2. The van der Waals surface area contributed by atoms with E-state index in [0.29, 0.717) is 24.3 Å². The SMILES string of the molecule is COc1ccc(CN=CC2[C@H](C)CC=C3[C@@H]2CCC2=Cc4c(cnn4-c4ccc(C)cc4)C[C@@]23C)cc1F. The number of methoxy groups -OCH3 is 1. The Labute approximate surface area is 224 Å². The van der Waals surface area contributed by atoms with Crippen molar-refractivity contribution >= 4 is 12.3 Å². The van der Waals surface area contributed by atoms with E-state index in [4.69, 9.17) is 14.8 Å². The predicted octanol–water partition coefficient (Wildman–Crippen LogP) is 7.54. The quantitative estimate of drug-likeness (QED) is 0.263. The summed E-state index contributed by atoms with van der Waals surface area (Å²) in [5, 5.41) is 4.80. The molecule has 1 fully saturated rings. The van der Waals surface area contributed by atoms with E-state index >= 15 is 0 Å². The molecule has 0 bridgehead atoms. The van der Waals surface area contributed by atoms with Gasteiger partial charge in [0, 0.05) is 17.5 Å². The Morgan fingerprint density at radius 1 is 1.21 bits per heavy atom. The molecule has 0 amide bonds. The molecule has 4 atom stereocenters. The highest BCUT2D eigenvalue weighted by Gasteiger charge is 2.47. The van der Waals surface area contributed by atoms with Crippen LogP contribution in [0.1, 0.15) is 55.5 Å². The van der Waals surface area contributed by atoms with E-state index in [9.17, 15) is 4.39 Å². The van der Waals surface area contributed by atoms with Gasteiger partial charge in [-0.1, -0.05) is 54.8 Å². The number of hydrogen-bond acceptors (Lipinski definition) is 3. The standard InChI is InChI=1S/C33H36FN3O/c1-21-5-10-26(11-6-21)37-31-16-25-9-12-27-28(20-35-18-23-8-14-32(38-4)30(34)15-23)22(2)7-13-29(27)33(25,3)17-24(31)19-36-37/h5-6,8,10-11,13-16,19-20,22,27-28H,7,9,12,17-18H2,1-4H3/t22-,27-,28?,33+/m1/s1. The number of rotatable bonds is 5. The molecule has 0 aliphatic heterocycles. The number of allylic oxidation sites excluding steroid dienone is 3. The molecular weight excluding hydrogens is 473 g/mol. The summed E-state index contributed by atoms with van der Waals surface area (Å²) in [4.78, 5) is 4.82. The van der Waals surface area contributed by atoms with Crippen molar-refractivity contribution in [3.63, 3.8) is 0 Å². The minimum absolute atomic E-state index is 0.0302. The molecule has 0 saturated heterocycles. The van der Waals surface area contributed by atoms with Crippen LogP contribution in [-0.2, 0) is 13.0 Å². The lowest BCUT2D eigenvalue weighted by Gasteiger charge is -2.50. The maximum atomic E-state index is 14.1. The van der Waals surface area contributed by atoms with Crippen molar-refractivity contribution in [2.24, 2.45) is 28.2 Å². The molecule has 0 N–H and O–H groups in total. The molecule has 4 nitrogen and oxygen atoms in total. The summed E-state index contributed by atoms with van der Waals surface area (Å²) in [5.41, 5.74) is 8.93. The van der Waals surface area contributed by atoms with Gasteiger partial charge in [-0.3, -0.25) is 4.99 Å². The molecule has 3 aliphatic carbocycles. The third kappa shape index (κ3) is 4.22. The number of aryl methyl sites for hydroxylation is 1. The molecule has 6 rings (SSSR count). The minimum atomic E-state index is -0.335. The van der Waals surface area contributed by atoms with E-state index in [-0.39, 0.29) is 17.0 Å². The summed E-state index contributed by atoms with van der Waals surface area (Å²) in [6, 6.07) is 13.7. The Bertz CT molecular complexity index is 1450. The van der Waals surface area contributed by atoms with Gasteiger partial charge in [0.1, 0.15) is 0 Å². The second-order valence-corrected chi connectivity index (χ2v) is 11.5. The van der Waals surface area contributed by atoms with E-state index in [2.05, 4.69) is 74.3 Å². The highest BCUT2D eigenvalue weighted by Crippen LogP contribution is 2.56. The largest absolute Gasteiger partial charge is 0.494 e. The van der Waals surface area contributed by atoms with Crippen molar-refractivity contribution in [3.8, 4) is 11.4 Å². The van der Waals surface area contributed by atoms with Crippen LogP contribution >= 0.6 is 0 Å². The van der Waals surface area contributed by atoms with Crippen LogP contribution in [0.3, 0.4) is 0 Å². The average Bonchev–Trinajstić information content (AvgIpc) is 3.30. The van der Waals surface area contributed by atoms with Crippen molar-refractivity contribution in [2.75, 3.05) is 7.11 Å². The zero-order valence-electron chi connectivity index (χ0n) is 22.7. The van der Waals surface area contributed by atoms with Crippen LogP contribution in [0, 0.1) is 35.9 Å². The summed E-state index contributed by atoms with van der Waals surface area (Å²) in [6.45, 7) is 7.38. The first-order chi connectivity index (χ1) is 18.4. The zero-order valence-corrected chi connectivity index (χ0v) is 22.7. The second kappa shape index (κ2) is 9.68. The van der Waals surface area contributed by atoms with Gasteiger partial charge in [-0.05, 0) is 85.9 Å². The number of aliphatic imine (C=N–C) groups is 1. The Morgan fingerprint density at radius 2 is 2.03 bits per heavy atom. The van der Waals surface area contributed by atoms with Crippen molar-refractivity contribution in [1.29, 1.82) is 0 Å². The summed E-state index contributed by atoms with van der Waals surface area (Å²) in [6.07, 6.45) is 13.5. The van der Waals surface area contributed by atoms with Gasteiger partial charge in [0.25, 0.3) is 0 Å². The van der Waals surface area contributed by atoms with Crippen molar-refractivity contribution in [3.05, 3.63) is 94.1 Å². The Balaban J connectivity index is 1.25. The number of fused-ring (bicyclic) bond motifs is 4. The van der Waals surface area contributed by atoms with E-state index in [1.54, 1.807) is 11.6 Å². The average molecular weight is 510 g/mol. The molecule has 5 heteroatoms. The van der Waals surface area contributed by atoms with Crippen LogP contribution in [0.5, 0.6) is 5.75 Å². The summed E-state index contributed by atoms with van der Waals surface area (Å²) < 4.78 is 21.3. The monoisotopic (exact) mass is 509 g/mol. The minimum Gasteiger partial charge on any atom is -0.494 e. The smallest absolute Gasteiger partial charge is 0.165 e. The van der Waals surface area contributed by atoms with Crippen LogP contribution in [-0.4, -0.2) is 23.1 Å². The van der Waals surface area contributed by atoms with Crippen molar-refractivity contribution in [2.45, 2.75) is 53.0 Å². The lowest BCUT2D eigenvalue weighted by molar-refractivity contribution is 0.240. The van der Waals surface area contributed by atoms with Gasteiger partial charge in [-0.25, -0.2) is 9.07 Å². The Morgan fingerprint density at radius 3 is 2.79 bits per heavy atom. The highest BCUT2D eigenvalue weighted by molar-refractivity contribution is 5.67. The molecule has 38 heavy (non-hydrogen) atoms. The molecule has 3 aromatic rings. The molecule has 2 aromatic carbocycles. The van der Waals surface area contributed by atoms with Crippen LogP contribution < -0.4 is 4.74 Å². The molecular formula is C33H36FN3O. The summed E-state index contributed by atoms with van der Waals surface area (Å²) in [5.74, 6) is 1.36. The van der Waals surface area contributed by atoms with Gasteiger partial charge in [0.15, 0.2) is 11.6 Å². The molecule has 0 radical (unpaired) electrons. The fraction of sp³-hybridized carbons (Fsp3) is 0.394. The van der Waals surface area contributed by atoms with Crippen LogP contribution in [0.15, 0.2) is 70.9 Å². The molecule has 1 saturated carbocycles. The molecule has 1 unspecified atom stereocenters. The van der Waals surface area contributed by atoms with Crippen molar-refractivity contribution in [1.82, 2.24) is 9.78 Å². The van der Waals surface area contributed by atoms with Crippen LogP contribution in [0.4, 0.5) is 4.39 Å². The third-order valence-electron chi connectivity index (χ3n) is 9.09. The normalized spacial score (nSPS) is 26.3. The Hall–Kier alpha value is -3.47. The molecule has 0 spiro atoms. The maximum absolute atomic E-state index is 14.1. The first-order valence-corrected chi connectivity index (χ1v) is 13.8. The maximum Gasteiger partial charge on any atom is 0.165 e. The molecule has 1 aromatic heterocycles. The van der Waals surface area contributed by atoms with Crippen LogP contribution in [0.2, 0.25) is 0 Å². The number of halogens is 1. The van der Waals surface area contributed by atoms with Gasteiger partial charge in [0.05, 0.1) is 31.2 Å². The van der Waals surface area contributed by atoms with E-state index in [0.717, 1.165) is 36.9 Å². The fourth-order valence-electron chi connectivity index (χ4n) is 6.89. The van der Waals surface area contributed by atoms with E-state index in [1.807, 2.05) is 6.07 Å².